The molecule has 0 aromatic heterocycles. The Morgan fingerprint density at radius 2 is 1.88 bits per heavy atom. The Morgan fingerprint density at radius 3 is 2.65 bits per heavy atom. The molecule has 34 heavy (non-hydrogen) atoms. The lowest BCUT2D eigenvalue weighted by atomic mass is 9.92. The van der Waals surface area contributed by atoms with E-state index < -0.39 is 11.6 Å². The molecule has 5 rings (SSSR count). The van der Waals surface area contributed by atoms with E-state index in [0.717, 1.165) is 42.0 Å². The van der Waals surface area contributed by atoms with Gasteiger partial charge >= 0.3 is 6.03 Å². The molecule has 178 valence electrons. The first-order chi connectivity index (χ1) is 16.4. The number of fused-ring (bicyclic) bond motifs is 2. The molecule has 0 bridgehead atoms. The fraction of sp³-hybridized carbons (Fsp3) is 0.444. The lowest BCUT2D eigenvalue weighted by Crippen LogP contribution is -2.48. The van der Waals surface area contributed by atoms with E-state index in [2.05, 4.69) is 41.4 Å². The van der Waals surface area contributed by atoms with Gasteiger partial charge in [-0.05, 0) is 49.8 Å². The highest BCUT2D eigenvalue weighted by molar-refractivity contribution is 6.09. The number of aryl methyl sites for hydroxylation is 1. The quantitative estimate of drug-likeness (QED) is 0.673. The van der Waals surface area contributed by atoms with Crippen molar-refractivity contribution in [3.63, 3.8) is 0 Å². The van der Waals surface area contributed by atoms with E-state index in [1.807, 2.05) is 42.2 Å². The standard InChI is InChI=1S/C27H32N4O3/c1-3-30(22-14-16-29(17-22)19(2)20-9-5-4-6-10-20)24(32)18-31-25(33)27(28-26(31)34)15-13-21-11-7-8-12-23(21)27/h4-12,19,22H,3,13-18H2,1-2H3,(H,28,34)/t19-,22-,27+/m1/s1. The largest absolute Gasteiger partial charge is 0.337 e. The van der Waals surface area contributed by atoms with Crippen molar-refractivity contribution in [1.82, 2.24) is 20.0 Å². The van der Waals surface area contributed by atoms with Gasteiger partial charge in [0.15, 0.2) is 0 Å². The van der Waals surface area contributed by atoms with Gasteiger partial charge in [0.05, 0.1) is 0 Å². The summed E-state index contributed by atoms with van der Waals surface area (Å²) in [7, 11) is 0. The van der Waals surface area contributed by atoms with E-state index in [-0.39, 0.29) is 30.4 Å². The lowest BCUT2D eigenvalue weighted by molar-refractivity contribution is -0.140. The number of rotatable bonds is 6. The molecular formula is C27H32N4O3. The van der Waals surface area contributed by atoms with Crippen molar-refractivity contribution in [2.45, 2.75) is 50.7 Å². The SMILES string of the molecule is CCN(C(=O)CN1C(=O)N[C@]2(CCc3ccccc32)C1=O)[C@@H]1CCN([C@H](C)c2ccccc2)C1. The highest BCUT2D eigenvalue weighted by Gasteiger charge is 2.55. The number of hydrogen-bond donors (Lipinski definition) is 1. The van der Waals surface area contributed by atoms with Crippen LogP contribution in [0.4, 0.5) is 4.79 Å². The third-order valence-electron chi connectivity index (χ3n) is 7.84. The van der Waals surface area contributed by atoms with Gasteiger partial charge in [-0.25, -0.2) is 4.79 Å². The maximum absolute atomic E-state index is 13.4. The van der Waals surface area contributed by atoms with Crippen molar-refractivity contribution in [1.29, 1.82) is 0 Å². The zero-order chi connectivity index (χ0) is 23.9. The molecule has 1 N–H and O–H groups in total. The molecule has 2 heterocycles. The van der Waals surface area contributed by atoms with Crippen molar-refractivity contribution in [3.8, 4) is 0 Å². The first-order valence-corrected chi connectivity index (χ1v) is 12.3. The highest BCUT2D eigenvalue weighted by Crippen LogP contribution is 2.41. The summed E-state index contributed by atoms with van der Waals surface area (Å²) < 4.78 is 0. The number of imide groups is 1. The average Bonchev–Trinajstić information content (AvgIpc) is 3.54. The number of urea groups is 1. The van der Waals surface area contributed by atoms with Crippen LogP contribution in [-0.4, -0.2) is 64.8 Å². The number of likely N-dealkylation sites (tertiary alicyclic amines) is 1. The van der Waals surface area contributed by atoms with Crippen LogP contribution in [-0.2, 0) is 21.5 Å². The summed E-state index contributed by atoms with van der Waals surface area (Å²) in [4.78, 5) is 45.0. The molecule has 2 fully saturated rings. The fourth-order valence-corrected chi connectivity index (χ4v) is 5.91. The summed E-state index contributed by atoms with van der Waals surface area (Å²) >= 11 is 0. The Morgan fingerprint density at radius 1 is 1.15 bits per heavy atom. The molecular weight excluding hydrogens is 428 g/mol. The molecule has 7 nitrogen and oxygen atoms in total. The molecule has 4 amide bonds. The minimum absolute atomic E-state index is 0.0746. The van der Waals surface area contributed by atoms with Gasteiger partial charge in [-0.1, -0.05) is 54.6 Å². The number of benzene rings is 2. The summed E-state index contributed by atoms with van der Waals surface area (Å²) in [5.41, 5.74) is 2.18. The van der Waals surface area contributed by atoms with Gasteiger partial charge in [0.1, 0.15) is 12.1 Å². The molecule has 3 atom stereocenters. The van der Waals surface area contributed by atoms with E-state index in [0.29, 0.717) is 13.0 Å². The highest BCUT2D eigenvalue weighted by atomic mass is 16.2. The molecule has 2 aromatic rings. The number of nitrogens with one attached hydrogen (secondary N) is 1. The third kappa shape index (κ3) is 3.68. The zero-order valence-electron chi connectivity index (χ0n) is 19.9. The maximum Gasteiger partial charge on any atom is 0.325 e. The lowest BCUT2D eigenvalue weighted by Gasteiger charge is -2.31. The molecule has 2 aliphatic heterocycles. The van der Waals surface area contributed by atoms with Crippen LogP contribution in [0.25, 0.3) is 0 Å². The monoisotopic (exact) mass is 460 g/mol. The summed E-state index contributed by atoms with van der Waals surface area (Å²) in [5, 5.41) is 2.92. The van der Waals surface area contributed by atoms with Crippen LogP contribution in [0, 0.1) is 0 Å². The molecule has 2 saturated heterocycles. The van der Waals surface area contributed by atoms with Gasteiger partial charge in [0, 0.05) is 31.7 Å². The Labute approximate surface area is 200 Å². The molecule has 7 heteroatoms. The van der Waals surface area contributed by atoms with Crippen molar-refractivity contribution in [3.05, 3.63) is 71.3 Å². The van der Waals surface area contributed by atoms with Gasteiger partial charge in [0.25, 0.3) is 5.91 Å². The number of nitrogens with zero attached hydrogens (tertiary/aromatic N) is 3. The number of hydrogen-bond acceptors (Lipinski definition) is 4. The van der Waals surface area contributed by atoms with E-state index in [9.17, 15) is 14.4 Å². The van der Waals surface area contributed by atoms with Crippen molar-refractivity contribution >= 4 is 17.8 Å². The van der Waals surface area contributed by atoms with E-state index in [1.165, 1.54) is 5.56 Å². The molecule has 3 aliphatic rings. The summed E-state index contributed by atoms with van der Waals surface area (Å²) in [5.74, 6) is -0.480. The second-order valence-corrected chi connectivity index (χ2v) is 9.59. The minimum Gasteiger partial charge on any atom is -0.337 e. The van der Waals surface area contributed by atoms with Crippen molar-refractivity contribution < 1.29 is 14.4 Å². The normalized spacial score (nSPS) is 25.0. The third-order valence-corrected chi connectivity index (χ3v) is 7.84. The predicted molar refractivity (Wildman–Crippen MR) is 129 cm³/mol. The number of carbonyl (C=O) groups excluding carboxylic acids is 3. The Balaban J connectivity index is 1.27. The number of likely N-dealkylation sites (N-methyl/N-ethyl adjacent to an activating group) is 1. The van der Waals surface area contributed by atoms with Crippen LogP contribution in [0.3, 0.4) is 0 Å². The minimum atomic E-state index is -1.03. The van der Waals surface area contributed by atoms with Gasteiger partial charge in [-0.2, -0.15) is 0 Å². The van der Waals surface area contributed by atoms with Gasteiger partial charge in [0.2, 0.25) is 5.91 Å². The molecule has 0 radical (unpaired) electrons. The number of carbonyl (C=O) groups is 3. The molecule has 1 aliphatic carbocycles. The summed E-state index contributed by atoms with van der Waals surface area (Å²) in [6.45, 7) is 6.19. The first-order valence-electron chi connectivity index (χ1n) is 12.3. The average molecular weight is 461 g/mol. The fourth-order valence-electron chi connectivity index (χ4n) is 5.91. The smallest absolute Gasteiger partial charge is 0.325 e. The molecule has 0 unspecified atom stereocenters. The number of amides is 4. The Kier molecular flexibility index (Phi) is 5.90. The van der Waals surface area contributed by atoms with Crippen LogP contribution >= 0.6 is 0 Å². The molecule has 2 aromatic carbocycles. The Bertz CT molecular complexity index is 1100. The van der Waals surface area contributed by atoms with Crippen LogP contribution in [0.1, 0.15) is 49.4 Å². The predicted octanol–water partition coefficient (Wildman–Crippen LogP) is 3.06. The maximum atomic E-state index is 13.4. The van der Waals surface area contributed by atoms with Crippen LogP contribution in [0.2, 0.25) is 0 Å². The van der Waals surface area contributed by atoms with Crippen molar-refractivity contribution in [2.24, 2.45) is 0 Å². The van der Waals surface area contributed by atoms with Crippen LogP contribution in [0.15, 0.2) is 54.6 Å². The zero-order valence-corrected chi connectivity index (χ0v) is 19.9. The first kappa shape index (κ1) is 22.6. The van der Waals surface area contributed by atoms with E-state index in [4.69, 9.17) is 0 Å². The molecule has 1 spiro atoms. The second-order valence-electron chi connectivity index (χ2n) is 9.59. The topological polar surface area (TPSA) is 73.0 Å². The van der Waals surface area contributed by atoms with Gasteiger partial charge < -0.3 is 10.2 Å². The van der Waals surface area contributed by atoms with Gasteiger partial charge in [-0.3, -0.25) is 19.4 Å². The van der Waals surface area contributed by atoms with E-state index in [1.54, 1.807) is 0 Å². The summed E-state index contributed by atoms with van der Waals surface area (Å²) in [6, 6.07) is 18.0. The summed E-state index contributed by atoms with van der Waals surface area (Å²) in [6.07, 6.45) is 2.16. The Hall–Kier alpha value is -3.19. The van der Waals surface area contributed by atoms with Crippen LogP contribution < -0.4 is 5.32 Å². The van der Waals surface area contributed by atoms with E-state index >= 15 is 0 Å². The van der Waals surface area contributed by atoms with Crippen molar-refractivity contribution in [2.75, 3.05) is 26.2 Å². The second kappa shape index (κ2) is 8.87. The van der Waals surface area contributed by atoms with Crippen LogP contribution in [0.5, 0.6) is 0 Å². The molecule has 0 saturated carbocycles. The van der Waals surface area contributed by atoms with Gasteiger partial charge in [-0.15, -0.1) is 0 Å².